The van der Waals surface area contributed by atoms with E-state index in [1.54, 1.807) is 6.20 Å². The Balaban J connectivity index is 1.58. The van der Waals surface area contributed by atoms with Crippen LogP contribution in [0, 0.1) is 5.92 Å². The van der Waals surface area contributed by atoms with E-state index in [4.69, 9.17) is 11.6 Å². The first-order valence-electron chi connectivity index (χ1n) is 8.94. The lowest BCUT2D eigenvalue weighted by molar-refractivity contribution is -0.120. The van der Waals surface area contributed by atoms with Gasteiger partial charge in [-0.25, -0.2) is 4.98 Å². The molecule has 2 aliphatic heterocycles. The first-order valence-corrected chi connectivity index (χ1v) is 9.32. The average Bonchev–Trinajstić information content (AvgIpc) is 3.08. The summed E-state index contributed by atoms with van der Waals surface area (Å²) in [5, 5.41) is 11.3. The Morgan fingerprint density at radius 2 is 2.20 bits per heavy atom. The van der Waals surface area contributed by atoms with Gasteiger partial charge in [0.05, 0.1) is 17.1 Å². The number of carbonyl (C=O) groups excluding carboxylic acids is 1. The van der Waals surface area contributed by atoms with Crippen LogP contribution in [0.15, 0.2) is 18.5 Å². The number of nitrogens with one attached hydrogen (secondary N) is 2. The molecule has 0 aliphatic carbocycles. The van der Waals surface area contributed by atoms with Crippen molar-refractivity contribution < 1.29 is 4.79 Å². The number of hydrogen-bond acceptors (Lipinski definition) is 4. The maximum absolute atomic E-state index is 12.4. The third-order valence-corrected chi connectivity index (χ3v) is 5.35. The highest BCUT2D eigenvalue weighted by molar-refractivity contribution is 6.33. The van der Waals surface area contributed by atoms with Crippen LogP contribution in [0.5, 0.6) is 0 Å². The molecule has 0 saturated carbocycles. The number of carbonyl (C=O) groups is 1. The molecule has 132 valence electrons. The molecule has 25 heavy (non-hydrogen) atoms. The summed E-state index contributed by atoms with van der Waals surface area (Å²) >= 11 is 6.39. The Kier molecular flexibility index (Phi) is 4.72. The number of rotatable bonds is 3. The van der Waals surface area contributed by atoms with Crippen LogP contribution in [0.25, 0.3) is 11.1 Å². The largest absolute Gasteiger partial charge is 0.316 e. The molecule has 4 rings (SSSR count). The van der Waals surface area contributed by atoms with Crippen molar-refractivity contribution in [3.05, 3.63) is 29.2 Å². The van der Waals surface area contributed by atoms with Crippen molar-refractivity contribution >= 4 is 23.3 Å². The second-order valence-corrected chi connectivity index (χ2v) is 7.17. The summed E-state index contributed by atoms with van der Waals surface area (Å²) in [5.41, 5.74) is 3.15. The number of aromatic nitrogens is 3. The lowest BCUT2D eigenvalue weighted by Gasteiger charge is -2.21. The number of piperidine rings is 1. The molecule has 2 aromatic rings. The molecule has 1 atom stereocenters. The Hall–Kier alpha value is -1.92. The average molecular weight is 360 g/mol. The summed E-state index contributed by atoms with van der Waals surface area (Å²) in [4.78, 5) is 16.7. The minimum Gasteiger partial charge on any atom is -0.316 e. The smallest absolute Gasteiger partial charge is 0.229 e. The lowest BCUT2D eigenvalue weighted by atomic mass is 9.99. The van der Waals surface area contributed by atoms with E-state index in [2.05, 4.69) is 25.4 Å². The van der Waals surface area contributed by atoms with E-state index in [0.717, 1.165) is 56.4 Å². The molecule has 0 bridgehead atoms. The van der Waals surface area contributed by atoms with Gasteiger partial charge in [-0.05, 0) is 44.7 Å². The molecule has 1 unspecified atom stereocenters. The zero-order chi connectivity index (χ0) is 17.2. The highest BCUT2D eigenvalue weighted by Crippen LogP contribution is 2.33. The summed E-state index contributed by atoms with van der Waals surface area (Å²) in [7, 11) is 0. The van der Waals surface area contributed by atoms with E-state index in [1.165, 1.54) is 12.1 Å². The van der Waals surface area contributed by atoms with E-state index in [0.29, 0.717) is 10.8 Å². The number of hydrogen-bond donors (Lipinski definition) is 2. The molecule has 4 heterocycles. The predicted octanol–water partition coefficient (Wildman–Crippen LogP) is 2.87. The topological polar surface area (TPSA) is 71.8 Å². The zero-order valence-corrected chi connectivity index (χ0v) is 14.9. The van der Waals surface area contributed by atoms with Gasteiger partial charge >= 0.3 is 0 Å². The fourth-order valence-electron chi connectivity index (χ4n) is 3.66. The van der Waals surface area contributed by atoms with Gasteiger partial charge in [0.15, 0.2) is 0 Å². The minimum atomic E-state index is -0.00131. The molecule has 0 spiro atoms. The molecule has 7 heteroatoms. The summed E-state index contributed by atoms with van der Waals surface area (Å²) in [6.07, 6.45) is 8.76. The number of aryl methyl sites for hydroxylation is 1. The van der Waals surface area contributed by atoms with Gasteiger partial charge in [0.2, 0.25) is 5.91 Å². The van der Waals surface area contributed by atoms with E-state index < -0.39 is 0 Å². The SMILES string of the molecule is O=C(Nc1cc(-c2cnn3c2CCCC3)c(Cl)cn1)C1CCCNC1. The predicted molar refractivity (Wildman–Crippen MR) is 97.6 cm³/mol. The molecular formula is C18H22ClN5O. The third-order valence-electron chi connectivity index (χ3n) is 5.05. The Morgan fingerprint density at radius 1 is 1.28 bits per heavy atom. The van der Waals surface area contributed by atoms with Gasteiger partial charge in [-0.15, -0.1) is 0 Å². The molecule has 0 radical (unpaired) electrons. The maximum Gasteiger partial charge on any atom is 0.229 e. The van der Waals surface area contributed by atoms with Crippen molar-refractivity contribution in [2.24, 2.45) is 5.92 Å². The normalized spacial score (nSPS) is 20.1. The monoisotopic (exact) mass is 359 g/mol. The Morgan fingerprint density at radius 3 is 3.04 bits per heavy atom. The number of pyridine rings is 1. The zero-order valence-electron chi connectivity index (χ0n) is 14.1. The second-order valence-electron chi connectivity index (χ2n) is 6.77. The number of nitrogens with zero attached hydrogens (tertiary/aromatic N) is 3. The van der Waals surface area contributed by atoms with Gasteiger partial charge in [0.1, 0.15) is 5.82 Å². The lowest BCUT2D eigenvalue weighted by Crippen LogP contribution is -2.37. The maximum atomic E-state index is 12.4. The van der Waals surface area contributed by atoms with Crippen molar-refractivity contribution in [3.63, 3.8) is 0 Å². The molecule has 0 aromatic carbocycles. The minimum absolute atomic E-state index is 0.00131. The molecule has 1 amide bonds. The molecule has 1 fully saturated rings. The van der Waals surface area contributed by atoms with E-state index in [-0.39, 0.29) is 11.8 Å². The second kappa shape index (κ2) is 7.14. The van der Waals surface area contributed by atoms with Crippen LogP contribution in [0.3, 0.4) is 0 Å². The van der Waals surface area contributed by atoms with Crippen LogP contribution < -0.4 is 10.6 Å². The van der Waals surface area contributed by atoms with E-state index >= 15 is 0 Å². The first-order chi connectivity index (χ1) is 12.2. The first kappa shape index (κ1) is 16.5. The fourth-order valence-corrected chi connectivity index (χ4v) is 3.87. The fraction of sp³-hybridized carbons (Fsp3) is 0.500. The van der Waals surface area contributed by atoms with Crippen molar-refractivity contribution in [1.29, 1.82) is 0 Å². The molecule has 6 nitrogen and oxygen atoms in total. The highest BCUT2D eigenvalue weighted by Gasteiger charge is 2.22. The summed E-state index contributed by atoms with van der Waals surface area (Å²) in [5.74, 6) is 0.564. The van der Waals surface area contributed by atoms with E-state index in [9.17, 15) is 4.79 Å². The Labute approximate surface area is 152 Å². The van der Waals surface area contributed by atoms with Gasteiger partial charge in [0, 0.05) is 36.1 Å². The third kappa shape index (κ3) is 3.41. The van der Waals surface area contributed by atoms with Crippen molar-refractivity contribution in [1.82, 2.24) is 20.1 Å². The Bertz CT molecular complexity index is 782. The number of halogens is 1. The molecule has 2 aliphatic rings. The quantitative estimate of drug-likeness (QED) is 0.883. The number of fused-ring (bicyclic) bond motifs is 1. The van der Waals surface area contributed by atoms with Crippen molar-refractivity contribution in [2.75, 3.05) is 18.4 Å². The number of amides is 1. The van der Waals surface area contributed by atoms with E-state index in [1.807, 2.05) is 12.3 Å². The van der Waals surface area contributed by atoms with Crippen LogP contribution in [0.1, 0.15) is 31.4 Å². The van der Waals surface area contributed by atoms with Crippen LogP contribution >= 0.6 is 11.6 Å². The van der Waals surface area contributed by atoms with Crippen molar-refractivity contribution in [3.8, 4) is 11.1 Å². The van der Waals surface area contributed by atoms with Crippen LogP contribution in [0.2, 0.25) is 5.02 Å². The number of anilines is 1. The van der Waals surface area contributed by atoms with Gasteiger partial charge in [-0.2, -0.15) is 5.10 Å². The summed E-state index contributed by atoms with van der Waals surface area (Å²) in [6.45, 7) is 2.67. The summed E-state index contributed by atoms with van der Waals surface area (Å²) in [6, 6.07) is 1.86. The van der Waals surface area contributed by atoms with Crippen LogP contribution in [-0.2, 0) is 17.8 Å². The van der Waals surface area contributed by atoms with Gasteiger partial charge in [-0.1, -0.05) is 11.6 Å². The van der Waals surface area contributed by atoms with Gasteiger partial charge in [0.25, 0.3) is 0 Å². The molecular weight excluding hydrogens is 338 g/mol. The molecule has 2 aromatic heterocycles. The molecule has 2 N–H and O–H groups in total. The highest BCUT2D eigenvalue weighted by atomic mass is 35.5. The van der Waals surface area contributed by atoms with Crippen LogP contribution in [0.4, 0.5) is 5.82 Å². The van der Waals surface area contributed by atoms with Gasteiger partial charge < -0.3 is 10.6 Å². The summed E-state index contributed by atoms with van der Waals surface area (Å²) < 4.78 is 2.06. The molecule has 1 saturated heterocycles. The standard InChI is InChI=1S/C18H22ClN5O/c19-15-11-21-17(23-18(25)12-4-3-6-20-9-12)8-13(15)14-10-22-24-7-2-1-5-16(14)24/h8,10-12,20H,1-7,9H2,(H,21,23,25). The van der Waals surface area contributed by atoms with Crippen molar-refractivity contribution in [2.45, 2.75) is 38.6 Å². The van der Waals surface area contributed by atoms with Gasteiger partial charge in [-0.3, -0.25) is 9.48 Å². The van der Waals surface area contributed by atoms with Crippen LogP contribution in [-0.4, -0.2) is 33.8 Å².